The lowest BCUT2D eigenvalue weighted by Crippen LogP contribution is -2.27. The van der Waals surface area contributed by atoms with Gasteiger partial charge in [-0.25, -0.2) is 0 Å². The zero-order valence-electron chi connectivity index (χ0n) is 11.5. The third kappa shape index (κ3) is 4.12. The van der Waals surface area contributed by atoms with Crippen LogP contribution in [0.25, 0.3) is 0 Å². The molecule has 1 N–H and O–H groups in total. The van der Waals surface area contributed by atoms with Crippen molar-refractivity contribution in [1.29, 1.82) is 0 Å². The predicted octanol–water partition coefficient (Wildman–Crippen LogP) is 4.09. The Balaban J connectivity index is 1.63. The fraction of sp³-hybridized carbons (Fsp3) is 0.412. The lowest BCUT2D eigenvalue weighted by Gasteiger charge is -2.17. The normalized spacial score (nSPS) is 16.2. The number of benzene rings is 1. The van der Waals surface area contributed by atoms with E-state index in [0.717, 1.165) is 36.2 Å². The molecule has 1 aromatic heterocycles. The highest BCUT2D eigenvalue weighted by molar-refractivity contribution is 6.30. The van der Waals surface area contributed by atoms with Crippen molar-refractivity contribution in [1.82, 2.24) is 5.32 Å². The van der Waals surface area contributed by atoms with Crippen LogP contribution in [-0.2, 0) is 12.8 Å². The molecule has 2 nitrogen and oxygen atoms in total. The maximum Gasteiger partial charge on any atom is 0.104 e. The third-order valence-electron chi connectivity index (χ3n) is 3.76. The maximum absolute atomic E-state index is 6.07. The van der Waals surface area contributed by atoms with E-state index in [2.05, 4.69) is 23.5 Å². The van der Waals surface area contributed by atoms with Crippen molar-refractivity contribution in [3.05, 3.63) is 59.0 Å². The number of nitrogens with one attached hydrogen (secondary N) is 1. The summed E-state index contributed by atoms with van der Waals surface area (Å²) < 4.78 is 5.49. The number of hydrogen-bond acceptors (Lipinski definition) is 2. The van der Waals surface area contributed by atoms with E-state index in [1.807, 2.05) is 18.2 Å². The van der Waals surface area contributed by atoms with E-state index >= 15 is 0 Å². The zero-order chi connectivity index (χ0) is 13.8. The molecule has 0 radical (unpaired) electrons. The molecule has 3 rings (SSSR count). The van der Waals surface area contributed by atoms with E-state index in [1.165, 1.54) is 18.4 Å². The highest BCUT2D eigenvalue weighted by Crippen LogP contribution is 2.21. The van der Waals surface area contributed by atoms with Crippen LogP contribution in [0.1, 0.15) is 24.2 Å². The quantitative estimate of drug-likeness (QED) is 0.830. The molecule has 0 amide bonds. The molecular weight excluding hydrogens is 270 g/mol. The standard InChI is InChI=1S/C17H20ClNO/c18-15-4-1-3-13(10-15)9-14(12-19-16-6-7-16)11-17-5-2-8-20-17/h1-5,8,10,14,16,19H,6-7,9,11-12H2. The topological polar surface area (TPSA) is 25.2 Å². The Hall–Kier alpha value is -1.25. The summed E-state index contributed by atoms with van der Waals surface area (Å²) in [6, 6.07) is 12.9. The second-order valence-electron chi connectivity index (χ2n) is 5.67. The van der Waals surface area contributed by atoms with Gasteiger partial charge in [-0.3, -0.25) is 0 Å². The maximum atomic E-state index is 6.07. The van der Waals surface area contributed by atoms with E-state index in [-0.39, 0.29) is 0 Å². The average Bonchev–Trinajstić information content (AvgIpc) is 3.12. The lowest BCUT2D eigenvalue weighted by molar-refractivity contribution is 0.414. The second kappa shape index (κ2) is 6.47. The molecule has 1 saturated carbocycles. The van der Waals surface area contributed by atoms with Gasteiger partial charge >= 0.3 is 0 Å². The van der Waals surface area contributed by atoms with Crippen LogP contribution in [0.3, 0.4) is 0 Å². The summed E-state index contributed by atoms with van der Waals surface area (Å²) in [5, 5.41) is 4.44. The molecular formula is C17H20ClNO. The Labute approximate surface area is 125 Å². The summed E-state index contributed by atoms with van der Waals surface area (Å²) in [7, 11) is 0. The first kappa shape index (κ1) is 13.7. The van der Waals surface area contributed by atoms with Crippen LogP contribution >= 0.6 is 11.6 Å². The molecule has 1 aromatic carbocycles. The van der Waals surface area contributed by atoms with Gasteiger partial charge in [0, 0.05) is 17.5 Å². The van der Waals surface area contributed by atoms with Crippen molar-refractivity contribution in [3.63, 3.8) is 0 Å². The van der Waals surface area contributed by atoms with Gasteiger partial charge in [-0.2, -0.15) is 0 Å². The predicted molar refractivity (Wildman–Crippen MR) is 82.1 cm³/mol. The minimum Gasteiger partial charge on any atom is -0.469 e. The van der Waals surface area contributed by atoms with E-state index < -0.39 is 0 Å². The van der Waals surface area contributed by atoms with Crippen LogP contribution in [0.2, 0.25) is 5.02 Å². The monoisotopic (exact) mass is 289 g/mol. The van der Waals surface area contributed by atoms with Crippen LogP contribution in [0.15, 0.2) is 47.1 Å². The third-order valence-corrected chi connectivity index (χ3v) is 3.99. The Morgan fingerprint density at radius 3 is 2.80 bits per heavy atom. The fourth-order valence-electron chi connectivity index (χ4n) is 2.55. The van der Waals surface area contributed by atoms with Gasteiger partial charge in [-0.05, 0) is 61.6 Å². The highest BCUT2D eigenvalue weighted by Gasteiger charge is 2.22. The molecule has 0 bridgehead atoms. The van der Waals surface area contributed by atoms with E-state index in [1.54, 1.807) is 6.26 Å². The average molecular weight is 290 g/mol. The lowest BCUT2D eigenvalue weighted by atomic mass is 9.95. The molecule has 1 aliphatic carbocycles. The molecule has 1 fully saturated rings. The zero-order valence-corrected chi connectivity index (χ0v) is 12.3. The second-order valence-corrected chi connectivity index (χ2v) is 6.10. The van der Waals surface area contributed by atoms with Crippen LogP contribution in [0, 0.1) is 5.92 Å². The molecule has 1 atom stereocenters. The summed E-state index contributed by atoms with van der Waals surface area (Å²) >= 11 is 6.07. The van der Waals surface area contributed by atoms with E-state index in [9.17, 15) is 0 Å². The SMILES string of the molecule is Clc1cccc(CC(CNC2CC2)Cc2ccco2)c1. The number of furan rings is 1. The Bertz CT molecular complexity index is 534. The minimum atomic E-state index is 0.542. The fourth-order valence-corrected chi connectivity index (χ4v) is 2.76. The summed E-state index contributed by atoms with van der Waals surface area (Å²) in [6.45, 7) is 1.04. The Morgan fingerprint density at radius 1 is 1.20 bits per heavy atom. The molecule has 1 aliphatic rings. The first-order valence-electron chi connectivity index (χ1n) is 7.30. The van der Waals surface area contributed by atoms with Gasteiger partial charge in [0.1, 0.15) is 5.76 Å². The first-order chi connectivity index (χ1) is 9.79. The first-order valence-corrected chi connectivity index (χ1v) is 7.67. The van der Waals surface area contributed by atoms with Gasteiger partial charge in [-0.1, -0.05) is 23.7 Å². The van der Waals surface area contributed by atoms with Crippen molar-refractivity contribution in [2.24, 2.45) is 5.92 Å². The van der Waals surface area contributed by atoms with Gasteiger partial charge in [0.2, 0.25) is 0 Å². The van der Waals surface area contributed by atoms with Crippen LogP contribution in [0.4, 0.5) is 0 Å². The smallest absolute Gasteiger partial charge is 0.104 e. The molecule has 2 aromatic rings. The molecule has 0 spiro atoms. The molecule has 0 aliphatic heterocycles. The van der Waals surface area contributed by atoms with Crippen molar-refractivity contribution in [3.8, 4) is 0 Å². The van der Waals surface area contributed by atoms with Crippen LogP contribution in [-0.4, -0.2) is 12.6 Å². The largest absolute Gasteiger partial charge is 0.469 e. The molecule has 3 heteroatoms. The van der Waals surface area contributed by atoms with Gasteiger partial charge in [0.15, 0.2) is 0 Å². The van der Waals surface area contributed by atoms with Crippen molar-refractivity contribution in [2.75, 3.05) is 6.54 Å². The summed E-state index contributed by atoms with van der Waals surface area (Å²) in [5.74, 6) is 1.61. The van der Waals surface area contributed by atoms with Crippen molar-refractivity contribution >= 4 is 11.6 Å². The summed E-state index contributed by atoms with van der Waals surface area (Å²) in [6.07, 6.45) is 6.40. The number of hydrogen-bond donors (Lipinski definition) is 1. The number of rotatable bonds is 7. The molecule has 1 unspecified atom stereocenters. The Kier molecular flexibility index (Phi) is 4.44. The Morgan fingerprint density at radius 2 is 2.10 bits per heavy atom. The van der Waals surface area contributed by atoms with Gasteiger partial charge in [0.05, 0.1) is 6.26 Å². The van der Waals surface area contributed by atoms with E-state index in [4.69, 9.17) is 16.0 Å². The van der Waals surface area contributed by atoms with Crippen molar-refractivity contribution < 1.29 is 4.42 Å². The van der Waals surface area contributed by atoms with Crippen LogP contribution < -0.4 is 5.32 Å². The van der Waals surface area contributed by atoms with Gasteiger partial charge < -0.3 is 9.73 Å². The van der Waals surface area contributed by atoms with Gasteiger partial charge in [0.25, 0.3) is 0 Å². The molecule has 1 heterocycles. The minimum absolute atomic E-state index is 0.542. The van der Waals surface area contributed by atoms with E-state index in [0.29, 0.717) is 5.92 Å². The summed E-state index contributed by atoms with van der Waals surface area (Å²) in [5.41, 5.74) is 1.30. The van der Waals surface area contributed by atoms with Crippen LogP contribution in [0.5, 0.6) is 0 Å². The highest BCUT2D eigenvalue weighted by atomic mass is 35.5. The van der Waals surface area contributed by atoms with Gasteiger partial charge in [-0.15, -0.1) is 0 Å². The molecule has 0 saturated heterocycles. The number of halogens is 1. The molecule has 20 heavy (non-hydrogen) atoms. The van der Waals surface area contributed by atoms with Crippen molar-refractivity contribution in [2.45, 2.75) is 31.7 Å². The summed E-state index contributed by atoms with van der Waals surface area (Å²) in [4.78, 5) is 0. The molecule has 106 valence electrons.